The summed E-state index contributed by atoms with van der Waals surface area (Å²) in [6, 6.07) is 14.8. The Morgan fingerprint density at radius 3 is 2.61 bits per heavy atom. The minimum atomic E-state index is -0.386. The fraction of sp³-hybridized carbons (Fsp3) is 0.379. The van der Waals surface area contributed by atoms with Crippen LogP contribution in [-0.4, -0.2) is 54.8 Å². The highest BCUT2D eigenvalue weighted by molar-refractivity contribution is 5.92. The van der Waals surface area contributed by atoms with Crippen LogP contribution < -0.4 is 19.7 Å². The summed E-state index contributed by atoms with van der Waals surface area (Å²) in [7, 11) is 1.35. The van der Waals surface area contributed by atoms with Gasteiger partial charge >= 0.3 is 5.97 Å². The number of nitrogens with zero attached hydrogens (tertiary/aromatic N) is 3. The van der Waals surface area contributed by atoms with Crippen molar-refractivity contribution in [2.45, 2.75) is 39.2 Å². The zero-order chi connectivity index (χ0) is 26.9. The van der Waals surface area contributed by atoms with Crippen LogP contribution in [0, 0.1) is 5.92 Å². The Kier molecular flexibility index (Phi) is 9.13. The SMILES string of the molecule is CCOc1ccccc1OC1CCCN(c2cncc(NC(=O)C(C)Cc3ccc(C(=O)OC)cc3)n2)C1. The molecule has 0 saturated carbocycles. The van der Waals surface area contributed by atoms with Crippen molar-refractivity contribution in [3.8, 4) is 11.5 Å². The molecule has 9 heteroatoms. The van der Waals surface area contributed by atoms with Gasteiger partial charge in [0.2, 0.25) is 5.91 Å². The Labute approximate surface area is 223 Å². The zero-order valence-electron chi connectivity index (χ0n) is 22.1. The number of anilines is 2. The van der Waals surface area contributed by atoms with Crippen LogP contribution in [0.1, 0.15) is 42.6 Å². The Morgan fingerprint density at radius 2 is 1.87 bits per heavy atom. The van der Waals surface area contributed by atoms with E-state index >= 15 is 0 Å². The molecule has 1 aliphatic rings. The smallest absolute Gasteiger partial charge is 0.337 e. The molecule has 0 bridgehead atoms. The molecule has 2 unspecified atom stereocenters. The number of para-hydroxylation sites is 2. The summed E-state index contributed by atoms with van der Waals surface area (Å²) in [6.45, 7) is 5.87. The lowest BCUT2D eigenvalue weighted by atomic mass is 9.99. The molecule has 0 radical (unpaired) electrons. The number of amides is 1. The van der Waals surface area contributed by atoms with E-state index in [-0.39, 0.29) is 23.9 Å². The number of esters is 1. The summed E-state index contributed by atoms with van der Waals surface area (Å²) in [5, 5.41) is 2.89. The Hall–Kier alpha value is -4.14. The minimum Gasteiger partial charge on any atom is -0.490 e. The molecular formula is C29H34N4O5. The van der Waals surface area contributed by atoms with Gasteiger partial charge in [-0.1, -0.05) is 31.2 Å². The van der Waals surface area contributed by atoms with Crippen molar-refractivity contribution in [1.82, 2.24) is 9.97 Å². The van der Waals surface area contributed by atoms with Crippen molar-refractivity contribution in [2.75, 3.05) is 37.0 Å². The fourth-order valence-corrected chi connectivity index (χ4v) is 4.40. The monoisotopic (exact) mass is 518 g/mol. The Balaban J connectivity index is 1.35. The molecule has 38 heavy (non-hydrogen) atoms. The lowest BCUT2D eigenvalue weighted by Crippen LogP contribution is -2.41. The number of benzene rings is 2. The minimum absolute atomic E-state index is 0.0176. The summed E-state index contributed by atoms with van der Waals surface area (Å²) < 4.78 is 16.7. The predicted molar refractivity (Wildman–Crippen MR) is 145 cm³/mol. The molecule has 1 saturated heterocycles. The number of ether oxygens (including phenoxy) is 3. The number of aromatic nitrogens is 2. The van der Waals surface area contributed by atoms with Gasteiger partial charge in [-0.25, -0.2) is 9.78 Å². The highest BCUT2D eigenvalue weighted by Gasteiger charge is 2.24. The molecule has 1 N–H and O–H groups in total. The average molecular weight is 519 g/mol. The van der Waals surface area contributed by atoms with Crippen molar-refractivity contribution in [1.29, 1.82) is 0 Å². The van der Waals surface area contributed by atoms with E-state index in [1.807, 2.05) is 50.2 Å². The molecule has 9 nitrogen and oxygen atoms in total. The van der Waals surface area contributed by atoms with Crippen LogP contribution in [0.15, 0.2) is 60.9 Å². The second-order valence-electron chi connectivity index (χ2n) is 9.25. The van der Waals surface area contributed by atoms with Gasteiger partial charge in [0.05, 0.1) is 38.2 Å². The number of methoxy groups -OCH3 is 1. The van der Waals surface area contributed by atoms with E-state index in [2.05, 4.69) is 20.2 Å². The normalized spacial score (nSPS) is 15.9. The molecule has 3 aromatic rings. The number of rotatable bonds is 10. The Morgan fingerprint density at radius 1 is 1.11 bits per heavy atom. The van der Waals surface area contributed by atoms with Gasteiger partial charge in [0.1, 0.15) is 11.9 Å². The summed E-state index contributed by atoms with van der Waals surface area (Å²) in [5.41, 5.74) is 1.43. The van der Waals surface area contributed by atoms with E-state index in [9.17, 15) is 9.59 Å². The number of hydrogen-bond donors (Lipinski definition) is 1. The van der Waals surface area contributed by atoms with Crippen molar-refractivity contribution in [3.05, 3.63) is 72.1 Å². The molecule has 2 heterocycles. The summed E-state index contributed by atoms with van der Waals surface area (Å²) >= 11 is 0. The topological polar surface area (TPSA) is 103 Å². The first-order valence-electron chi connectivity index (χ1n) is 12.9. The number of nitrogens with one attached hydrogen (secondary N) is 1. The number of piperidine rings is 1. The second-order valence-corrected chi connectivity index (χ2v) is 9.25. The quantitative estimate of drug-likeness (QED) is 0.391. The molecule has 0 spiro atoms. The largest absolute Gasteiger partial charge is 0.490 e. The van der Waals surface area contributed by atoms with E-state index in [1.165, 1.54) is 7.11 Å². The third-order valence-electron chi connectivity index (χ3n) is 6.38. The fourth-order valence-electron chi connectivity index (χ4n) is 4.40. The van der Waals surface area contributed by atoms with Gasteiger partial charge in [-0.3, -0.25) is 9.78 Å². The summed E-state index contributed by atoms with van der Waals surface area (Å²) in [4.78, 5) is 35.6. The summed E-state index contributed by atoms with van der Waals surface area (Å²) in [5.74, 6) is 1.74. The maximum atomic E-state index is 12.9. The molecule has 0 aliphatic carbocycles. The first-order valence-corrected chi connectivity index (χ1v) is 12.9. The van der Waals surface area contributed by atoms with Gasteiger partial charge in [-0.15, -0.1) is 0 Å². The Bertz CT molecular complexity index is 1230. The zero-order valence-corrected chi connectivity index (χ0v) is 22.1. The van der Waals surface area contributed by atoms with Gasteiger partial charge in [0, 0.05) is 12.5 Å². The predicted octanol–water partition coefficient (Wildman–Crippen LogP) is 4.53. The van der Waals surface area contributed by atoms with E-state index < -0.39 is 0 Å². The van der Waals surface area contributed by atoms with Gasteiger partial charge in [0.15, 0.2) is 17.3 Å². The molecule has 1 aromatic heterocycles. The maximum Gasteiger partial charge on any atom is 0.337 e. The number of carbonyl (C=O) groups excluding carboxylic acids is 2. The van der Waals surface area contributed by atoms with Crippen molar-refractivity contribution in [2.24, 2.45) is 5.92 Å². The molecule has 2 aromatic carbocycles. The lowest BCUT2D eigenvalue weighted by Gasteiger charge is -2.33. The molecule has 200 valence electrons. The highest BCUT2D eigenvalue weighted by Crippen LogP contribution is 2.30. The van der Waals surface area contributed by atoms with Crippen LogP contribution in [0.4, 0.5) is 11.6 Å². The number of carbonyl (C=O) groups is 2. The van der Waals surface area contributed by atoms with Crippen molar-refractivity contribution in [3.63, 3.8) is 0 Å². The van der Waals surface area contributed by atoms with Crippen LogP contribution in [0.2, 0.25) is 0 Å². The molecule has 1 fully saturated rings. The van der Waals surface area contributed by atoms with Gasteiger partial charge in [0.25, 0.3) is 0 Å². The van der Waals surface area contributed by atoms with Crippen molar-refractivity contribution >= 4 is 23.5 Å². The van der Waals surface area contributed by atoms with E-state index in [1.54, 1.807) is 24.5 Å². The lowest BCUT2D eigenvalue weighted by molar-refractivity contribution is -0.119. The van der Waals surface area contributed by atoms with Crippen LogP contribution in [0.25, 0.3) is 0 Å². The molecule has 4 rings (SSSR count). The standard InChI is InChI=1S/C29H34N4O5/c1-4-37-24-9-5-6-10-25(24)38-23-8-7-15-33(19-23)27-18-30-17-26(31-27)32-28(34)20(2)16-21-11-13-22(14-12-21)29(35)36-3/h5-6,9-14,17-18,20,23H,4,7-8,15-16,19H2,1-3H3,(H,31,32,34). The molecule has 2 atom stereocenters. The first-order chi connectivity index (χ1) is 18.5. The second kappa shape index (κ2) is 12.9. The molecule has 1 amide bonds. The van der Waals surface area contributed by atoms with Gasteiger partial charge < -0.3 is 24.4 Å². The highest BCUT2D eigenvalue weighted by atomic mass is 16.5. The van der Waals surface area contributed by atoms with Crippen LogP contribution >= 0.6 is 0 Å². The maximum absolute atomic E-state index is 12.9. The van der Waals surface area contributed by atoms with Crippen LogP contribution in [-0.2, 0) is 16.0 Å². The van der Waals surface area contributed by atoms with Crippen LogP contribution in [0.3, 0.4) is 0 Å². The number of hydrogen-bond acceptors (Lipinski definition) is 8. The van der Waals surface area contributed by atoms with Gasteiger partial charge in [-0.2, -0.15) is 0 Å². The van der Waals surface area contributed by atoms with E-state index in [0.29, 0.717) is 36.8 Å². The molecule has 1 aliphatic heterocycles. The third kappa shape index (κ3) is 7.00. The van der Waals surface area contributed by atoms with E-state index in [4.69, 9.17) is 14.2 Å². The van der Waals surface area contributed by atoms with E-state index in [0.717, 1.165) is 36.4 Å². The average Bonchev–Trinajstić information content (AvgIpc) is 2.94. The molecular weight excluding hydrogens is 484 g/mol. The van der Waals surface area contributed by atoms with Gasteiger partial charge in [-0.05, 0) is 56.0 Å². The first kappa shape index (κ1) is 26.9. The third-order valence-corrected chi connectivity index (χ3v) is 6.38. The summed E-state index contributed by atoms with van der Waals surface area (Å²) in [6.07, 6.45) is 5.64. The van der Waals surface area contributed by atoms with Crippen LogP contribution in [0.5, 0.6) is 11.5 Å². The van der Waals surface area contributed by atoms with Crippen molar-refractivity contribution < 1.29 is 23.8 Å².